The Hall–Kier alpha value is -1.56. The van der Waals surface area contributed by atoms with Gasteiger partial charge in [-0.1, -0.05) is 11.6 Å². The van der Waals surface area contributed by atoms with E-state index >= 15 is 0 Å². The minimum Gasteiger partial charge on any atom is -0.493 e. The van der Waals surface area contributed by atoms with Crippen LogP contribution >= 0.6 is 0 Å². The van der Waals surface area contributed by atoms with E-state index in [1.54, 1.807) is 26.9 Å². The van der Waals surface area contributed by atoms with Gasteiger partial charge in [0.2, 0.25) is 0 Å². The molecule has 0 radical (unpaired) electrons. The van der Waals surface area contributed by atoms with Gasteiger partial charge < -0.3 is 18.9 Å². The summed E-state index contributed by atoms with van der Waals surface area (Å²) >= 11 is 0. The van der Waals surface area contributed by atoms with E-state index in [9.17, 15) is 0 Å². The molecule has 5 heteroatoms. The molecular weight excluding hydrogens is 306 g/mol. The zero-order chi connectivity index (χ0) is 16.8. The lowest BCUT2D eigenvalue weighted by atomic mass is 9.74. The van der Waals surface area contributed by atoms with Crippen LogP contribution in [0.4, 0.5) is 0 Å². The highest BCUT2D eigenvalue weighted by Crippen LogP contribution is 2.50. The summed E-state index contributed by atoms with van der Waals surface area (Å²) < 4.78 is 23.0. The molecule has 1 aromatic rings. The van der Waals surface area contributed by atoms with E-state index in [2.05, 4.69) is 24.1 Å². The zero-order valence-electron chi connectivity index (χ0n) is 14.7. The molecule has 1 saturated heterocycles. The summed E-state index contributed by atoms with van der Waals surface area (Å²) in [6.07, 6.45) is 4.24. The van der Waals surface area contributed by atoms with Gasteiger partial charge in [-0.05, 0) is 37.6 Å². The highest BCUT2D eigenvalue weighted by molar-refractivity contribution is 5.52. The molecule has 0 bridgehead atoms. The van der Waals surface area contributed by atoms with Gasteiger partial charge in [0.25, 0.3) is 0 Å². The van der Waals surface area contributed by atoms with Crippen molar-refractivity contribution in [3.63, 3.8) is 0 Å². The summed E-state index contributed by atoms with van der Waals surface area (Å²) in [5.74, 6) is 1.79. The second-order valence-electron chi connectivity index (χ2n) is 6.79. The van der Waals surface area contributed by atoms with Crippen molar-refractivity contribution in [2.24, 2.45) is 0 Å². The first-order valence-electron chi connectivity index (χ1n) is 8.51. The maximum absolute atomic E-state index is 6.31. The van der Waals surface area contributed by atoms with E-state index in [0.29, 0.717) is 17.7 Å². The van der Waals surface area contributed by atoms with Crippen LogP contribution in [0.15, 0.2) is 23.8 Å². The smallest absolute Gasteiger partial charge is 0.184 e. The van der Waals surface area contributed by atoms with E-state index in [1.165, 1.54) is 5.56 Å². The van der Waals surface area contributed by atoms with Crippen LogP contribution in [0, 0.1) is 0 Å². The van der Waals surface area contributed by atoms with Gasteiger partial charge >= 0.3 is 0 Å². The monoisotopic (exact) mass is 331 g/mol. The number of methoxy groups -OCH3 is 3. The Bertz CT molecular complexity index is 672. The summed E-state index contributed by atoms with van der Waals surface area (Å²) in [4.78, 5) is 2.44. The van der Waals surface area contributed by atoms with Gasteiger partial charge in [0.15, 0.2) is 17.8 Å². The van der Waals surface area contributed by atoms with Crippen LogP contribution in [-0.4, -0.2) is 52.0 Å². The number of benzene rings is 1. The molecule has 1 aromatic carbocycles. The topological polar surface area (TPSA) is 40.2 Å². The molecule has 3 aliphatic rings. The van der Waals surface area contributed by atoms with Crippen molar-refractivity contribution < 1.29 is 18.9 Å². The molecule has 2 unspecified atom stereocenters. The van der Waals surface area contributed by atoms with Gasteiger partial charge in [0.1, 0.15) is 0 Å². The number of hydrogen-bond acceptors (Lipinski definition) is 5. The summed E-state index contributed by atoms with van der Waals surface area (Å²) in [7, 11) is 7.24. The molecule has 0 N–H and O–H groups in total. The molecule has 0 aromatic heterocycles. The third kappa shape index (κ3) is 2.26. The number of ether oxygens (including phenoxy) is 4. The van der Waals surface area contributed by atoms with Gasteiger partial charge in [0, 0.05) is 31.2 Å². The van der Waals surface area contributed by atoms with Crippen molar-refractivity contribution in [3.05, 3.63) is 34.9 Å². The predicted octanol–water partition coefficient (Wildman–Crippen LogP) is 2.87. The Labute approximate surface area is 143 Å². The Kier molecular flexibility index (Phi) is 4.03. The molecule has 130 valence electrons. The Morgan fingerprint density at radius 2 is 1.79 bits per heavy atom. The minimum absolute atomic E-state index is 0.134. The normalized spacial score (nSPS) is 31.8. The van der Waals surface area contributed by atoms with Crippen LogP contribution < -0.4 is 9.47 Å². The van der Waals surface area contributed by atoms with Gasteiger partial charge in [-0.15, -0.1) is 0 Å². The molecule has 0 spiro atoms. The van der Waals surface area contributed by atoms with Crippen molar-refractivity contribution in [1.29, 1.82) is 0 Å². The molecule has 2 heterocycles. The fraction of sp³-hybridized carbons (Fsp3) is 0.579. The Morgan fingerprint density at radius 3 is 2.46 bits per heavy atom. The first-order valence-corrected chi connectivity index (χ1v) is 8.51. The summed E-state index contributed by atoms with van der Waals surface area (Å²) in [6, 6.07) is 4.53. The number of hydrogen-bond donors (Lipinski definition) is 0. The molecule has 24 heavy (non-hydrogen) atoms. The second-order valence-corrected chi connectivity index (χ2v) is 6.79. The van der Waals surface area contributed by atoms with Crippen LogP contribution in [0.5, 0.6) is 11.5 Å². The Balaban J connectivity index is 1.86. The maximum Gasteiger partial charge on any atom is 0.184 e. The molecule has 1 fully saturated rings. The van der Waals surface area contributed by atoms with Crippen LogP contribution in [-0.2, 0) is 9.47 Å². The van der Waals surface area contributed by atoms with E-state index in [0.717, 1.165) is 30.7 Å². The van der Waals surface area contributed by atoms with E-state index in [1.807, 2.05) is 6.07 Å². The number of fused-ring (bicyclic) bond motifs is 5. The second kappa shape index (κ2) is 6.06. The molecule has 4 atom stereocenters. The average Bonchev–Trinajstić information content (AvgIpc) is 3.00. The van der Waals surface area contributed by atoms with Crippen molar-refractivity contribution >= 4 is 0 Å². The lowest BCUT2D eigenvalue weighted by Gasteiger charge is -2.44. The van der Waals surface area contributed by atoms with Crippen molar-refractivity contribution in [2.75, 3.05) is 34.9 Å². The fourth-order valence-corrected chi connectivity index (χ4v) is 4.55. The predicted molar refractivity (Wildman–Crippen MR) is 90.6 cm³/mol. The highest BCUT2D eigenvalue weighted by Gasteiger charge is 2.47. The van der Waals surface area contributed by atoms with Crippen LogP contribution in [0.1, 0.15) is 36.2 Å². The quantitative estimate of drug-likeness (QED) is 0.797. The van der Waals surface area contributed by atoms with Gasteiger partial charge in [-0.3, -0.25) is 4.90 Å². The SMILES string of the molecule is COc1cc2c(cc1OC)[C@H]1C3C(=CC[C@H]1OC2OC)CCN3C. The first-order chi connectivity index (χ1) is 11.7. The number of likely N-dealkylation sites (N-methyl/N-ethyl adjacent to an activating group) is 1. The first kappa shape index (κ1) is 15.9. The average molecular weight is 331 g/mol. The van der Waals surface area contributed by atoms with E-state index in [-0.39, 0.29) is 12.4 Å². The van der Waals surface area contributed by atoms with E-state index < -0.39 is 0 Å². The molecule has 4 rings (SSSR count). The summed E-state index contributed by atoms with van der Waals surface area (Å²) in [5, 5.41) is 0. The van der Waals surface area contributed by atoms with Gasteiger partial charge in [-0.25, -0.2) is 0 Å². The van der Waals surface area contributed by atoms with Crippen molar-refractivity contribution in [2.45, 2.75) is 37.2 Å². The molecule has 0 saturated carbocycles. The third-order valence-corrected chi connectivity index (χ3v) is 5.68. The van der Waals surface area contributed by atoms with E-state index in [4.69, 9.17) is 18.9 Å². The Morgan fingerprint density at radius 1 is 1.08 bits per heavy atom. The molecule has 5 nitrogen and oxygen atoms in total. The third-order valence-electron chi connectivity index (χ3n) is 5.68. The fourth-order valence-electron chi connectivity index (χ4n) is 4.55. The zero-order valence-corrected chi connectivity index (χ0v) is 14.7. The summed E-state index contributed by atoms with van der Waals surface area (Å²) in [6.45, 7) is 1.11. The highest BCUT2D eigenvalue weighted by atomic mass is 16.7. The maximum atomic E-state index is 6.31. The van der Waals surface area contributed by atoms with Crippen molar-refractivity contribution in [3.8, 4) is 11.5 Å². The largest absolute Gasteiger partial charge is 0.493 e. The molecule has 1 aliphatic carbocycles. The summed E-state index contributed by atoms with van der Waals surface area (Å²) in [5.41, 5.74) is 3.86. The van der Waals surface area contributed by atoms with Crippen molar-refractivity contribution in [1.82, 2.24) is 4.90 Å². The van der Waals surface area contributed by atoms with Crippen LogP contribution in [0.2, 0.25) is 0 Å². The van der Waals surface area contributed by atoms with Gasteiger partial charge in [-0.2, -0.15) is 0 Å². The minimum atomic E-state index is -0.359. The number of likely N-dealkylation sites (tertiary alicyclic amines) is 1. The molecule has 0 amide bonds. The lowest BCUT2D eigenvalue weighted by molar-refractivity contribution is -0.179. The standard InChI is InChI=1S/C19H25NO4/c1-20-8-7-11-5-6-14-17(18(11)20)12-9-15(21-2)16(22-3)10-13(12)19(23-4)24-14/h5,9-10,14,17-19H,6-8H2,1-4H3/t14-,17-,18?,19?/m1/s1. The van der Waals surface area contributed by atoms with Gasteiger partial charge in [0.05, 0.1) is 20.3 Å². The van der Waals surface area contributed by atoms with Crippen LogP contribution in [0.25, 0.3) is 0 Å². The van der Waals surface area contributed by atoms with Crippen LogP contribution in [0.3, 0.4) is 0 Å². The number of rotatable bonds is 3. The number of nitrogens with zero attached hydrogens (tertiary/aromatic N) is 1. The molecule has 2 aliphatic heterocycles. The lowest BCUT2D eigenvalue weighted by Crippen LogP contribution is -2.45. The molecular formula is C19H25NO4.